The van der Waals surface area contributed by atoms with Crippen molar-refractivity contribution in [3.8, 4) is 11.1 Å². The lowest BCUT2D eigenvalue weighted by Gasteiger charge is -2.26. The van der Waals surface area contributed by atoms with Crippen molar-refractivity contribution in [2.75, 3.05) is 0 Å². The van der Waals surface area contributed by atoms with E-state index < -0.39 is 0 Å². The highest BCUT2D eigenvalue weighted by atomic mass is 32.1. The monoisotopic (exact) mass is 382 g/mol. The van der Waals surface area contributed by atoms with Gasteiger partial charge in [-0.3, -0.25) is 14.2 Å². The fourth-order valence-electron chi connectivity index (χ4n) is 3.76. The van der Waals surface area contributed by atoms with Crippen LogP contribution in [0.15, 0.2) is 46.8 Å². The summed E-state index contributed by atoms with van der Waals surface area (Å²) in [6.45, 7) is 2.08. The van der Waals surface area contributed by atoms with Crippen LogP contribution in [0.25, 0.3) is 21.3 Å². The lowest BCUT2D eigenvalue weighted by Crippen LogP contribution is -2.30. The summed E-state index contributed by atoms with van der Waals surface area (Å²) in [7, 11) is 0. The summed E-state index contributed by atoms with van der Waals surface area (Å²) in [6, 6.07) is 9.76. The maximum atomic E-state index is 13.0. The summed E-state index contributed by atoms with van der Waals surface area (Å²) >= 11 is 1.44. The first-order chi connectivity index (χ1) is 13.1. The molecule has 1 aromatic carbocycles. The van der Waals surface area contributed by atoms with Gasteiger partial charge >= 0.3 is 5.97 Å². The number of hydrogen-bond donors (Lipinski definition) is 0. The zero-order chi connectivity index (χ0) is 18.8. The van der Waals surface area contributed by atoms with Crippen molar-refractivity contribution in [1.82, 2.24) is 9.55 Å². The normalized spacial score (nSPS) is 19.9. The van der Waals surface area contributed by atoms with Crippen LogP contribution in [0, 0.1) is 5.92 Å². The first-order valence-corrected chi connectivity index (χ1v) is 10.2. The smallest absolute Gasteiger partial charge is 0.326 e. The van der Waals surface area contributed by atoms with Gasteiger partial charge in [0.25, 0.3) is 5.56 Å². The Bertz CT molecular complexity index is 1010. The number of aromatic nitrogens is 2. The summed E-state index contributed by atoms with van der Waals surface area (Å²) in [5.41, 5.74) is 1.63. The summed E-state index contributed by atoms with van der Waals surface area (Å²) in [5.74, 6) is 0.213. The molecule has 0 spiro atoms. The maximum Gasteiger partial charge on any atom is 0.326 e. The molecule has 1 aliphatic carbocycles. The molecule has 6 heteroatoms. The predicted octanol–water partition coefficient (Wildman–Crippen LogP) is 4.25. The Labute approximate surface area is 161 Å². The summed E-state index contributed by atoms with van der Waals surface area (Å²) < 4.78 is 6.96. The van der Waals surface area contributed by atoms with Crippen molar-refractivity contribution in [2.45, 2.75) is 45.3 Å². The second-order valence-corrected chi connectivity index (χ2v) is 8.11. The van der Waals surface area contributed by atoms with Crippen molar-refractivity contribution in [3.63, 3.8) is 0 Å². The molecule has 2 unspecified atom stereocenters. The van der Waals surface area contributed by atoms with Crippen LogP contribution in [0.1, 0.15) is 32.6 Å². The zero-order valence-corrected chi connectivity index (χ0v) is 16.1. The Morgan fingerprint density at radius 2 is 2.11 bits per heavy atom. The van der Waals surface area contributed by atoms with Crippen molar-refractivity contribution in [2.24, 2.45) is 5.92 Å². The molecule has 0 radical (unpaired) electrons. The van der Waals surface area contributed by atoms with Crippen LogP contribution >= 0.6 is 11.3 Å². The van der Waals surface area contributed by atoms with Crippen molar-refractivity contribution < 1.29 is 9.53 Å². The second kappa shape index (κ2) is 7.64. The van der Waals surface area contributed by atoms with Gasteiger partial charge in [-0.1, -0.05) is 43.7 Å². The fraction of sp³-hybridized carbons (Fsp3) is 0.381. The number of carbonyl (C=O) groups excluding carboxylic acids is 1. The Morgan fingerprint density at radius 1 is 1.30 bits per heavy atom. The first-order valence-electron chi connectivity index (χ1n) is 9.33. The Morgan fingerprint density at radius 3 is 2.89 bits per heavy atom. The predicted molar refractivity (Wildman–Crippen MR) is 107 cm³/mol. The van der Waals surface area contributed by atoms with Crippen molar-refractivity contribution in [3.05, 3.63) is 52.4 Å². The highest BCUT2D eigenvalue weighted by Crippen LogP contribution is 2.30. The third kappa shape index (κ3) is 3.81. The first kappa shape index (κ1) is 17.9. The van der Waals surface area contributed by atoms with E-state index in [0.717, 1.165) is 30.4 Å². The number of rotatable bonds is 4. The lowest BCUT2D eigenvalue weighted by molar-refractivity contribution is -0.152. The molecule has 0 amide bonds. The average Bonchev–Trinajstić information content (AvgIpc) is 3.10. The zero-order valence-electron chi connectivity index (χ0n) is 15.3. The maximum absolute atomic E-state index is 13.0. The van der Waals surface area contributed by atoms with Crippen molar-refractivity contribution >= 4 is 27.5 Å². The van der Waals surface area contributed by atoms with E-state index in [1.165, 1.54) is 28.7 Å². The molecule has 5 nitrogen and oxygen atoms in total. The number of hydrogen-bond acceptors (Lipinski definition) is 5. The number of esters is 1. The topological polar surface area (TPSA) is 61.2 Å². The molecule has 1 fully saturated rings. The highest BCUT2D eigenvalue weighted by Gasteiger charge is 2.23. The molecule has 0 saturated heterocycles. The number of fused-ring (bicyclic) bond motifs is 1. The summed E-state index contributed by atoms with van der Waals surface area (Å²) in [5, 5.41) is 2.51. The Hall–Kier alpha value is -2.47. The number of thiophene rings is 1. The van der Waals surface area contributed by atoms with Crippen LogP contribution in [-0.2, 0) is 16.1 Å². The van der Waals surface area contributed by atoms with Gasteiger partial charge in [0.1, 0.15) is 17.5 Å². The van der Waals surface area contributed by atoms with Crippen LogP contribution in [0.3, 0.4) is 0 Å². The molecule has 2 atom stereocenters. The number of benzene rings is 1. The molecular formula is C21H22N2O3S. The van der Waals surface area contributed by atoms with Gasteiger partial charge in [-0.05, 0) is 30.7 Å². The lowest BCUT2D eigenvalue weighted by atomic mass is 9.89. The van der Waals surface area contributed by atoms with Gasteiger partial charge in [-0.25, -0.2) is 4.98 Å². The van der Waals surface area contributed by atoms with Gasteiger partial charge in [0, 0.05) is 10.9 Å². The van der Waals surface area contributed by atoms with E-state index in [1.807, 2.05) is 35.7 Å². The largest absolute Gasteiger partial charge is 0.461 e. The quantitative estimate of drug-likeness (QED) is 0.633. The second-order valence-electron chi connectivity index (χ2n) is 7.26. The molecule has 2 heterocycles. The fourth-order valence-corrected chi connectivity index (χ4v) is 4.66. The van der Waals surface area contributed by atoms with Crippen LogP contribution in [0.5, 0.6) is 0 Å². The minimum atomic E-state index is -0.367. The Kier molecular flexibility index (Phi) is 5.07. The van der Waals surface area contributed by atoms with Crippen LogP contribution in [0.2, 0.25) is 0 Å². The average molecular weight is 382 g/mol. The Balaban J connectivity index is 1.58. The molecule has 0 N–H and O–H groups in total. The molecule has 0 aliphatic heterocycles. The molecule has 1 aliphatic rings. The van der Waals surface area contributed by atoms with Gasteiger partial charge in [0.05, 0.1) is 11.7 Å². The molecule has 27 heavy (non-hydrogen) atoms. The number of nitrogens with zero attached hydrogens (tertiary/aromatic N) is 2. The minimum Gasteiger partial charge on any atom is -0.461 e. The van der Waals surface area contributed by atoms with Gasteiger partial charge in [-0.2, -0.15) is 0 Å². The van der Waals surface area contributed by atoms with E-state index >= 15 is 0 Å². The third-order valence-electron chi connectivity index (χ3n) is 5.13. The third-order valence-corrected chi connectivity index (χ3v) is 6.02. The molecule has 0 bridgehead atoms. The minimum absolute atomic E-state index is 0.0327. The molecule has 140 valence electrons. The van der Waals surface area contributed by atoms with Gasteiger partial charge < -0.3 is 4.74 Å². The molecule has 3 aromatic rings. The van der Waals surface area contributed by atoms with E-state index in [9.17, 15) is 9.59 Å². The van der Waals surface area contributed by atoms with Gasteiger partial charge in [0.15, 0.2) is 0 Å². The van der Waals surface area contributed by atoms with E-state index in [4.69, 9.17) is 4.74 Å². The molecule has 1 saturated carbocycles. The van der Waals surface area contributed by atoms with E-state index in [1.54, 1.807) is 0 Å². The van der Waals surface area contributed by atoms with Gasteiger partial charge in [-0.15, -0.1) is 11.3 Å². The molecule has 2 aromatic heterocycles. The number of carbonyl (C=O) groups is 1. The van der Waals surface area contributed by atoms with Gasteiger partial charge in [0.2, 0.25) is 0 Å². The molecule has 4 rings (SSSR count). The SMILES string of the molecule is CC1CCCC(OC(=O)Cn2cnc3scc(-c4ccccc4)c3c2=O)C1. The van der Waals surface area contributed by atoms with E-state index in [-0.39, 0.29) is 24.2 Å². The van der Waals surface area contributed by atoms with E-state index in [2.05, 4.69) is 11.9 Å². The van der Waals surface area contributed by atoms with Crippen LogP contribution in [0.4, 0.5) is 0 Å². The van der Waals surface area contributed by atoms with Crippen LogP contribution in [-0.4, -0.2) is 21.6 Å². The summed E-state index contributed by atoms with van der Waals surface area (Å²) in [4.78, 5) is 30.4. The number of ether oxygens (including phenoxy) is 1. The van der Waals surface area contributed by atoms with Crippen molar-refractivity contribution in [1.29, 1.82) is 0 Å². The molecular weight excluding hydrogens is 360 g/mol. The highest BCUT2D eigenvalue weighted by molar-refractivity contribution is 7.17. The van der Waals surface area contributed by atoms with E-state index in [0.29, 0.717) is 16.1 Å². The summed E-state index contributed by atoms with van der Waals surface area (Å²) in [6.07, 6.45) is 5.50. The standard InChI is InChI=1S/C21H22N2O3S/c1-14-6-5-9-16(10-14)26-18(24)11-23-13-22-20-19(21(23)25)17(12-27-20)15-7-3-2-4-8-15/h2-4,7-8,12-14,16H,5-6,9-11H2,1H3. The van der Waals surface area contributed by atoms with Crippen LogP contribution < -0.4 is 5.56 Å².